The van der Waals surface area contributed by atoms with Gasteiger partial charge in [0.05, 0.1) is 4.90 Å². The Balaban J connectivity index is 0.00000208. The molecule has 3 aromatic rings. The molecule has 3 nitrogen and oxygen atoms in total. The zero-order valence-corrected chi connectivity index (χ0v) is 16.9. The van der Waals surface area contributed by atoms with Crippen LogP contribution in [-0.2, 0) is 10.1 Å². The minimum absolute atomic E-state index is 0. The molecule has 3 aromatic carbocycles. The fourth-order valence-corrected chi connectivity index (χ4v) is 5.13. The van der Waals surface area contributed by atoms with E-state index in [0.717, 1.165) is 5.30 Å². The number of hydrogen-bond acceptors (Lipinski definition) is 2. The summed E-state index contributed by atoms with van der Waals surface area (Å²) in [6.07, 6.45) is 0. The molecule has 0 heterocycles. The molecule has 6 heteroatoms. The molecule has 3 rings (SSSR count). The van der Waals surface area contributed by atoms with Crippen molar-refractivity contribution in [1.82, 2.24) is 0 Å². The predicted octanol–water partition coefficient (Wildman–Crippen LogP) is 2.31. The Bertz CT molecular complexity index is 843. The van der Waals surface area contributed by atoms with E-state index in [4.69, 9.17) is 4.55 Å². The SMILES string of the molecule is O=S(=O)(O)c1ccc(P(c2ccccc2)c2ccccc2)cc1.[Na]. The third kappa shape index (κ3) is 4.54. The summed E-state index contributed by atoms with van der Waals surface area (Å²) in [6, 6.07) is 26.7. The minimum atomic E-state index is -4.17. The minimum Gasteiger partial charge on any atom is -0.282 e. The van der Waals surface area contributed by atoms with E-state index in [2.05, 4.69) is 24.3 Å². The molecule has 1 radical (unpaired) electrons. The van der Waals surface area contributed by atoms with Crippen LogP contribution in [0.2, 0.25) is 0 Å². The van der Waals surface area contributed by atoms with Crippen LogP contribution in [0.1, 0.15) is 0 Å². The third-order valence-corrected chi connectivity index (χ3v) is 6.73. The van der Waals surface area contributed by atoms with Crippen molar-refractivity contribution in [3.05, 3.63) is 84.9 Å². The van der Waals surface area contributed by atoms with E-state index in [0.29, 0.717) is 0 Å². The van der Waals surface area contributed by atoms with Gasteiger partial charge in [0.15, 0.2) is 0 Å². The average molecular weight is 365 g/mol. The van der Waals surface area contributed by atoms with Crippen molar-refractivity contribution in [3.63, 3.8) is 0 Å². The second kappa shape index (κ2) is 8.39. The normalized spacial score (nSPS) is 11.1. The van der Waals surface area contributed by atoms with Crippen LogP contribution in [0.15, 0.2) is 89.8 Å². The Hall–Kier alpha value is -1.000. The van der Waals surface area contributed by atoms with Gasteiger partial charge in [-0.1, -0.05) is 72.8 Å². The van der Waals surface area contributed by atoms with Crippen molar-refractivity contribution in [3.8, 4) is 0 Å². The first-order valence-corrected chi connectivity index (χ1v) is 9.82. The van der Waals surface area contributed by atoms with Gasteiger partial charge in [-0.2, -0.15) is 8.42 Å². The van der Waals surface area contributed by atoms with E-state index in [1.54, 1.807) is 12.1 Å². The van der Waals surface area contributed by atoms with E-state index >= 15 is 0 Å². The Morgan fingerprint density at radius 1 is 0.625 bits per heavy atom. The molecule has 0 saturated carbocycles. The molecule has 0 aliphatic rings. The molecule has 0 atom stereocenters. The second-order valence-electron chi connectivity index (χ2n) is 4.98. The average Bonchev–Trinajstić information content (AvgIpc) is 2.57. The van der Waals surface area contributed by atoms with Crippen molar-refractivity contribution >= 4 is 63.5 Å². The fourth-order valence-electron chi connectivity index (χ4n) is 2.37. The van der Waals surface area contributed by atoms with E-state index < -0.39 is 18.0 Å². The molecule has 0 aliphatic heterocycles. The van der Waals surface area contributed by atoms with Gasteiger partial charge in [0.25, 0.3) is 10.1 Å². The Kier molecular flexibility index (Phi) is 6.76. The maximum Gasteiger partial charge on any atom is 0.294 e. The fraction of sp³-hybridized carbons (Fsp3) is 0. The van der Waals surface area contributed by atoms with Crippen LogP contribution < -0.4 is 15.9 Å². The topological polar surface area (TPSA) is 54.4 Å². The van der Waals surface area contributed by atoms with Crippen LogP contribution in [-0.4, -0.2) is 42.5 Å². The van der Waals surface area contributed by atoms with Gasteiger partial charge in [-0.25, -0.2) is 0 Å². The van der Waals surface area contributed by atoms with Crippen LogP contribution in [0.25, 0.3) is 0 Å². The van der Waals surface area contributed by atoms with Crippen LogP contribution in [0.4, 0.5) is 0 Å². The van der Waals surface area contributed by atoms with Crippen molar-refractivity contribution in [2.45, 2.75) is 4.90 Å². The molecule has 1 N–H and O–H groups in total. The number of benzene rings is 3. The van der Waals surface area contributed by atoms with Crippen molar-refractivity contribution in [2.24, 2.45) is 0 Å². The first-order chi connectivity index (χ1) is 11.1. The Morgan fingerprint density at radius 2 is 1.00 bits per heavy atom. The van der Waals surface area contributed by atoms with Gasteiger partial charge in [0, 0.05) is 29.6 Å². The summed E-state index contributed by atoms with van der Waals surface area (Å²) >= 11 is 0. The van der Waals surface area contributed by atoms with E-state index in [1.165, 1.54) is 22.7 Å². The zero-order valence-electron chi connectivity index (χ0n) is 13.2. The van der Waals surface area contributed by atoms with E-state index in [9.17, 15) is 8.42 Å². The zero-order chi connectivity index (χ0) is 16.3. The van der Waals surface area contributed by atoms with Crippen LogP contribution in [0, 0.1) is 0 Å². The molecule has 0 unspecified atom stereocenters. The number of rotatable bonds is 4. The molecular formula is C18H15NaO3PS. The van der Waals surface area contributed by atoms with E-state index in [1.807, 2.05) is 36.4 Å². The van der Waals surface area contributed by atoms with Crippen molar-refractivity contribution < 1.29 is 13.0 Å². The molecular weight excluding hydrogens is 350 g/mol. The van der Waals surface area contributed by atoms with Gasteiger partial charge in [0.1, 0.15) is 0 Å². The number of hydrogen-bond donors (Lipinski definition) is 1. The van der Waals surface area contributed by atoms with E-state index in [-0.39, 0.29) is 34.5 Å². The summed E-state index contributed by atoms with van der Waals surface area (Å²) in [7, 11) is -4.94. The third-order valence-electron chi connectivity index (χ3n) is 3.42. The smallest absolute Gasteiger partial charge is 0.282 e. The summed E-state index contributed by atoms with van der Waals surface area (Å²) in [5, 5.41) is 3.41. The van der Waals surface area contributed by atoms with Crippen LogP contribution in [0.3, 0.4) is 0 Å². The van der Waals surface area contributed by atoms with Gasteiger partial charge in [0.2, 0.25) is 0 Å². The molecule has 0 amide bonds. The maximum atomic E-state index is 11.2. The van der Waals surface area contributed by atoms with Crippen LogP contribution in [0.5, 0.6) is 0 Å². The van der Waals surface area contributed by atoms with Gasteiger partial charge < -0.3 is 0 Å². The molecule has 117 valence electrons. The molecule has 24 heavy (non-hydrogen) atoms. The van der Waals surface area contributed by atoms with Gasteiger partial charge in [-0.15, -0.1) is 0 Å². The molecule has 0 saturated heterocycles. The first-order valence-electron chi connectivity index (χ1n) is 7.03. The Morgan fingerprint density at radius 3 is 1.38 bits per heavy atom. The summed E-state index contributed by atoms with van der Waals surface area (Å²) < 4.78 is 31.6. The van der Waals surface area contributed by atoms with Crippen molar-refractivity contribution in [2.75, 3.05) is 0 Å². The standard InChI is InChI=1S/C18H15O3PS.Na/c19-23(20,21)18-13-11-17(12-14-18)22(15-7-3-1-4-8-15)16-9-5-2-6-10-16;/h1-14H,(H,19,20,21);. The molecule has 0 aliphatic carbocycles. The second-order valence-corrected chi connectivity index (χ2v) is 8.62. The molecule has 0 aromatic heterocycles. The predicted molar refractivity (Wildman–Crippen MR) is 101 cm³/mol. The molecule has 0 bridgehead atoms. The van der Waals surface area contributed by atoms with Gasteiger partial charge >= 0.3 is 0 Å². The van der Waals surface area contributed by atoms with Gasteiger partial charge in [-0.3, -0.25) is 4.55 Å². The summed E-state index contributed by atoms with van der Waals surface area (Å²) in [5.41, 5.74) is 0. The molecule has 0 fully saturated rings. The first kappa shape index (κ1) is 19.3. The summed E-state index contributed by atoms with van der Waals surface area (Å²) in [6.45, 7) is 0. The molecule has 0 spiro atoms. The van der Waals surface area contributed by atoms with Gasteiger partial charge in [-0.05, 0) is 36.0 Å². The summed E-state index contributed by atoms with van der Waals surface area (Å²) in [5.74, 6) is 0. The maximum absolute atomic E-state index is 11.2. The summed E-state index contributed by atoms with van der Waals surface area (Å²) in [4.78, 5) is -0.0858. The quantitative estimate of drug-likeness (QED) is 0.439. The van der Waals surface area contributed by atoms with Crippen molar-refractivity contribution in [1.29, 1.82) is 0 Å². The monoisotopic (exact) mass is 365 g/mol. The van der Waals surface area contributed by atoms with Crippen LogP contribution >= 0.6 is 7.92 Å². The largest absolute Gasteiger partial charge is 0.294 e. The Labute approximate surface area is 165 Å².